The Morgan fingerprint density at radius 1 is 0.900 bits per heavy atom. The van der Waals surface area contributed by atoms with Crippen LogP contribution in [0.1, 0.15) is 53.4 Å². The third-order valence-corrected chi connectivity index (χ3v) is 4.30. The number of aliphatic hydroxyl groups is 2. The largest absolute Gasteiger partial charge is 0.388 e. The Bertz CT molecular complexity index is 389. The van der Waals surface area contributed by atoms with Gasteiger partial charge in [-0.1, -0.05) is 0 Å². The molecule has 5 heteroatoms. The van der Waals surface area contributed by atoms with Gasteiger partial charge in [0.05, 0.1) is 23.3 Å². The summed E-state index contributed by atoms with van der Waals surface area (Å²) >= 11 is 0. The molecule has 0 bridgehead atoms. The standard InChI is InChI=1S/C15H27N3O2/c1-14(2,19)10-6-8-12(16-10)18(5)13-9-7-11(17-13)15(3,4)20/h10-11,19-20H,6-9H2,1-5H3/t10-,11-/m0/s1. The maximum atomic E-state index is 10.0. The van der Waals surface area contributed by atoms with Crippen molar-refractivity contribution in [1.29, 1.82) is 0 Å². The molecule has 0 fully saturated rings. The van der Waals surface area contributed by atoms with Crippen molar-refractivity contribution in [2.24, 2.45) is 9.98 Å². The lowest BCUT2D eigenvalue weighted by Crippen LogP contribution is -2.34. The number of nitrogens with zero attached hydrogens (tertiary/aromatic N) is 3. The van der Waals surface area contributed by atoms with Crippen molar-refractivity contribution in [3.8, 4) is 0 Å². The Labute approximate surface area is 121 Å². The first-order chi connectivity index (χ1) is 9.09. The maximum absolute atomic E-state index is 10.0. The molecule has 2 aliphatic rings. The number of rotatable bonds is 2. The normalized spacial score (nSPS) is 27.6. The molecule has 0 aromatic heterocycles. The van der Waals surface area contributed by atoms with E-state index in [0.29, 0.717) is 0 Å². The zero-order valence-corrected chi connectivity index (χ0v) is 13.2. The van der Waals surface area contributed by atoms with Gasteiger partial charge in [-0.25, -0.2) is 0 Å². The number of hydrogen-bond donors (Lipinski definition) is 2. The highest BCUT2D eigenvalue weighted by Crippen LogP contribution is 2.28. The van der Waals surface area contributed by atoms with Crippen molar-refractivity contribution in [3.63, 3.8) is 0 Å². The predicted molar refractivity (Wildman–Crippen MR) is 81.3 cm³/mol. The van der Waals surface area contributed by atoms with Crippen LogP contribution in [-0.2, 0) is 0 Å². The van der Waals surface area contributed by atoms with E-state index in [4.69, 9.17) is 0 Å². The minimum atomic E-state index is -0.768. The highest BCUT2D eigenvalue weighted by Gasteiger charge is 2.35. The van der Waals surface area contributed by atoms with Gasteiger partial charge in [0.1, 0.15) is 11.7 Å². The van der Waals surface area contributed by atoms with Gasteiger partial charge in [0.2, 0.25) is 0 Å². The van der Waals surface area contributed by atoms with Gasteiger partial charge in [0, 0.05) is 19.9 Å². The molecule has 0 spiro atoms. The highest BCUT2D eigenvalue weighted by atomic mass is 16.3. The van der Waals surface area contributed by atoms with Crippen molar-refractivity contribution in [3.05, 3.63) is 0 Å². The third-order valence-electron chi connectivity index (χ3n) is 4.30. The number of hydrogen-bond acceptors (Lipinski definition) is 5. The van der Waals surface area contributed by atoms with Crippen LogP contribution in [0.25, 0.3) is 0 Å². The smallest absolute Gasteiger partial charge is 0.104 e. The van der Waals surface area contributed by atoms with Gasteiger partial charge in [-0.2, -0.15) is 0 Å². The Hall–Kier alpha value is -0.940. The van der Waals surface area contributed by atoms with Crippen molar-refractivity contribution in [2.45, 2.75) is 76.7 Å². The molecule has 5 nitrogen and oxygen atoms in total. The predicted octanol–water partition coefficient (Wildman–Crippen LogP) is 1.58. The van der Waals surface area contributed by atoms with Crippen molar-refractivity contribution in [2.75, 3.05) is 7.05 Å². The molecule has 2 atom stereocenters. The van der Waals surface area contributed by atoms with Gasteiger partial charge in [-0.3, -0.25) is 9.98 Å². The van der Waals surface area contributed by atoms with Crippen LogP contribution in [-0.4, -0.2) is 57.1 Å². The van der Waals surface area contributed by atoms with E-state index in [2.05, 4.69) is 9.98 Å². The molecule has 0 aliphatic carbocycles. The van der Waals surface area contributed by atoms with E-state index >= 15 is 0 Å². The van der Waals surface area contributed by atoms with Gasteiger partial charge in [0.15, 0.2) is 0 Å². The molecule has 20 heavy (non-hydrogen) atoms. The summed E-state index contributed by atoms with van der Waals surface area (Å²) in [7, 11) is 1.98. The molecule has 0 unspecified atom stereocenters. The van der Waals surface area contributed by atoms with Gasteiger partial charge in [-0.05, 0) is 40.5 Å². The van der Waals surface area contributed by atoms with Gasteiger partial charge in [0.25, 0.3) is 0 Å². The van der Waals surface area contributed by atoms with E-state index in [9.17, 15) is 10.2 Å². The van der Waals surface area contributed by atoms with Crippen LogP contribution in [0.15, 0.2) is 9.98 Å². The fourth-order valence-corrected chi connectivity index (χ4v) is 2.83. The SMILES string of the molecule is CN(C1=N[C@H](C(C)(C)O)CC1)C1=N[C@H](C(C)(C)O)CC1. The number of aliphatic imine (C=N–C) groups is 2. The van der Waals surface area contributed by atoms with E-state index in [1.807, 2.05) is 39.6 Å². The summed E-state index contributed by atoms with van der Waals surface area (Å²) < 4.78 is 0. The zero-order chi connectivity index (χ0) is 15.1. The molecule has 2 N–H and O–H groups in total. The Morgan fingerprint density at radius 2 is 1.25 bits per heavy atom. The molecule has 114 valence electrons. The second-order valence-electron chi connectivity index (χ2n) is 7.07. The average molecular weight is 281 g/mol. The molecule has 0 amide bonds. The first kappa shape index (κ1) is 15.4. The summed E-state index contributed by atoms with van der Waals surface area (Å²) in [5, 5.41) is 20.1. The second-order valence-corrected chi connectivity index (χ2v) is 7.07. The second kappa shape index (κ2) is 5.11. The maximum Gasteiger partial charge on any atom is 0.104 e. The van der Waals surface area contributed by atoms with Crippen LogP contribution in [0.2, 0.25) is 0 Å². The molecular weight excluding hydrogens is 254 g/mol. The first-order valence-electron chi connectivity index (χ1n) is 7.41. The van der Waals surface area contributed by atoms with Gasteiger partial charge in [-0.15, -0.1) is 0 Å². The Kier molecular flexibility index (Phi) is 3.95. The molecule has 0 aromatic rings. The van der Waals surface area contributed by atoms with E-state index in [1.165, 1.54) is 0 Å². The lowest BCUT2D eigenvalue weighted by atomic mass is 9.97. The fraction of sp³-hybridized carbons (Fsp3) is 0.867. The molecule has 0 saturated carbocycles. The van der Waals surface area contributed by atoms with Crippen LogP contribution in [0.5, 0.6) is 0 Å². The summed E-state index contributed by atoms with van der Waals surface area (Å²) in [4.78, 5) is 11.3. The minimum absolute atomic E-state index is 0.0352. The lowest BCUT2D eigenvalue weighted by Gasteiger charge is -2.23. The molecule has 2 rings (SSSR count). The first-order valence-corrected chi connectivity index (χ1v) is 7.41. The molecule has 2 aliphatic heterocycles. The summed E-state index contributed by atoms with van der Waals surface area (Å²) in [6.07, 6.45) is 3.51. The van der Waals surface area contributed by atoms with E-state index < -0.39 is 11.2 Å². The van der Waals surface area contributed by atoms with Crippen LogP contribution < -0.4 is 0 Å². The van der Waals surface area contributed by atoms with Crippen molar-refractivity contribution in [1.82, 2.24) is 4.90 Å². The topological polar surface area (TPSA) is 68.4 Å². The molecule has 2 heterocycles. The summed E-state index contributed by atoms with van der Waals surface area (Å²) in [6.45, 7) is 7.23. The van der Waals surface area contributed by atoms with E-state index in [1.54, 1.807) is 0 Å². The van der Waals surface area contributed by atoms with Crippen LogP contribution in [0, 0.1) is 0 Å². The molecular formula is C15H27N3O2. The average Bonchev–Trinajstić information content (AvgIpc) is 2.96. The van der Waals surface area contributed by atoms with Crippen LogP contribution >= 0.6 is 0 Å². The summed E-state index contributed by atoms with van der Waals surface area (Å²) in [5.74, 6) is 1.99. The monoisotopic (exact) mass is 281 g/mol. The highest BCUT2D eigenvalue weighted by molar-refractivity contribution is 6.01. The van der Waals surface area contributed by atoms with E-state index in [-0.39, 0.29) is 12.1 Å². The summed E-state index contributed by atoms with van der Waals surface area (Å²) in [6, 6.07) is -0.0703. The van der Waals surface area contributed by atoms with Gasteiger partial charge < -0.3 is 15.1 Å². The molecule has 0 saturated heterocycles. The van der Waals surface area contributed by atoms with E-state index in [0.717, 1.165) is 37.4 Å². The lowest BCUT2D eigenvalue weighted by molar-refractivity contribution is 0.0531. The molecule has 0 radical (unpaired) electrons. The fourth-order valence-electron chi connectivity index (χ4n) is 2.83. The van der Waals surface area contributed by atoms with Crippen molar-refractivity contribution < 1.29 is 10.2 Å². The van der Waals surface area contributed by atoms with Crippen molar-refractivity contribution >= 4 is 11.7 Å². The minimum Gasteiger partial charge on any atom is -0.388 e. The Morgan fingerprint density at radius 3 is 1.50 bits per heavy atom. The van der Waals surface area contributed by atoms with Gasteiger partial charge >= 0.3 is 0 Å². The number of amidine groups is 2. The third kappa shape index (κ3) is 3.20. The molecule has 0 aromatic carbocycles. The van der Waals surface area contributed by atoms with Crippen LogP contribution in [0.4, 0.5) is 0 Å². The van der Waals surface area contributed by atoms with Crippen LogP contribution in [0.3, 0.4) is 0 Å². The summed E-state index contributed by atoms with van der Waals surface area (Å²) in [5.41, 5.74) is -1.54. The Balaban J connectivity index is 2.08. The zero-order valence-electron chi connectivity index (χ0n) is 13.2. The quantitative estimate of drug-likeness (QED) is 0.807.